The van der Waals surface area contributed by atoms with Crippen LogP contribution in [0, 0.1) is 11.3 Å². The van der Waals surface area contributed by atoms with Gasteiger partial charge in [-0.25, -0.2) is 0 Å². The molecular formula is C16H20N2O3. The summed E-state index contributed by atoms with van der Waals surface area (Å²) in [6, 6.07) is 7.37. The molecule has 1 fully saturated rings. The van der Waals surface area contributed by atoms with E-state index in [0.29, 0.717) is 12.0 Å². The van der Waals surface area contributed by atoms with E-state index in [-0.39, 0.29) is 5.91 Å². The lowest BCUT2D eigenvalue weighted by molar-refractivity contribution is -0.119. The molecule has 2 N–H and O–H groups in total. The van der Waals surface area contributed by atoms with Crippen LogP contribution in [-0.2, 0) is 11.2 Å². The molecule has 0 saturated carbocycles. The summed E-state index contributed by atoms with van der Waals surface area (Å²) in [5, 5.41) is 21.3. The Kier molecular flexibility index (Phi) is 4.49. The second-order valence-electron chi connectivity index (χ2n) is 5.81. The Labute approximate surface area is 124 Å². The summed E-state index contributed by atoms with van der Waals surface area (Å²) in [5.74, 6) is 0.972. The number of hydrogen-bond acceptors (Lipinski definition) is 4. The van der Waals surface area contributed by atoms with Crippen molar-refractivity contribution in [1.82, 2.24) is 5.32 Å². The smallest absolute Gasteiger partial charge is 0.220 e. The second-order valence-corrected chi connectivity index (χ2v) is 5.81. The van der Waals surface area contributed by atoms with Crippen LogP contribution in [0.2, 0.25) is 0 Å². The SMILES string of the molecule is CC1(C)Oc2ccc(C#N)cc2CC1O.O=C1CCCN1. The van der Waals surface area contributed by atoms with Crippen molar-refractivity contribution in [2.45, 2.75) is 44.8 Å². The van der Waals surface area contributed by atoms with Crippen LogP contribution < -0.4 is 10.1 Å². The van der Waals surface area contributed by atoms with E-state index in [9.17, 15) is 9.90 Å². The summed E-state index contributed by atoms with van der Waals surface area (Å²) in [4.78, 5) is 10.1. The first kappa shape index (κ1) is 15.3. The number of nitrogens with zero attached hydrogens (tertiary/aromatic N) is 1. The van der Waals surface area contributed by atoms with Gasteiger partial charge in [0, 0.05) is 19.4 Å². The van der Waals surface area contributed by atoms with Gasteiger partial charge in [0.2, 0.25) is 5.91 Å². The van der Waals surface area contributed by atoms with E-state index in [1.807, 2.05) is 13.8 Å². The number of fused-ring (bicyclic) bond motifs is 1. The molecule has 112 valence electrons. The van der Waals surface area contributed by atoms with Crippen molar-refractivity contribution in [2.24, 2.45) is 0 Å². The summed E-state index contributed by atoms with van der Waals surface area (Å²) >= 11 is 0. The number of benzene rings is 1. The Morgan fingerprint density at radius 3 is 2.76 bits per heavy atom. The Bertz CT molecular complexity index is 567. The molecule has 1 aromatic carbocycles. The monoisotopic (exact) mass is 288 g/mol. The summed E-state index contributed by atoms with van der Waals surface area (Å²) in [6.45, 7) is 4.61. The average Bonchev–Trinajstić information content (AvgIpc) is 2.91. The standard InChI is InChI=1S/C12H13NO2.C4H7NO/c1-12(2)11(14)6-9-5-8(7-13)3-4-10(9)15-12;6-4-2-1-3-5-4/h3-5,11,14H,6H2,1-2H3;1-3H2,(H,5,6). The van der Waals surface area contributed by atoms with E-state index < -0.39 is 11.7 Å². The summed E-state index contributed by atoms with van der Waals surface area (Å²) in [5.41, 5.74) is 0.950. The fraction of sp³-hybridized carbons (Fsp3) is 0.500. The third kappa shape index (κ3) is 3.73. The van der Waals surface area contributed by atoms with Crippen LogP contribution in [-0.4, -0.2) is 29.3 Å². The van der Waals surface area contributed by atoms with Crippen molar-refractivity contribution in [2.75, 3.05) is 6.54 Å². The van der Waals surface area contributed by atoms with Gasteiger partial charge < -0.3 is 15.2 Å². The molecule has 1 atom stereocenters. The van der Waals surface area contributed by atoms with Crippen LogP contribution in [0.4, 0.5) is 0 Å². The number of aliphatic hydroxyl groups excluding tert-OH is 1. The minimum absolute atomic E-state index is 0.204. The highest BCUT2D eigenvalue weighted by Gasteiger charge is 2.35. The summed E-state index contributed by atoms with van der Waals surface area (Å²) < 4.78 is 5.67. The summed E-state index contributed by atoms with van der Waals surface area (Å²) in [7, 11) is 0. The number of hydrogen-bond donors (Lipinski definition) is 2. The average molecular weight is 288 g/mol. The Morgan fingerprint density at radius 2 is 2.24 bits per heavy atom. The molecule has 0 radical (unpaired) electrons. The highest BCUT2D eigenvalue weighted by Crippen LogP contribution is 2.33. The molecule has 5 heteroatoms. The van der Waals surface area contributed by atoms with Crippen molar-refractivity contribution in [3.05, 3.63) is 29.3 Å². The van der Waals surface area contributed by atoms with Gasteiger partial charge >= 0.3 is 0 Å². The number of carbonyl (C=O) groups excluding carboxylic acids is 1. The zero-order chi connectivity index (χ0) is 15.5. The van der Waals surface area contributed by atoms with Gasteiger partial charge in [0.1, 0.15) is 11.4 Å². The highest BCUT2D eigenvalue weighted by atomic mass is 16.5. The molecule has 0 spiro atoms. The van der Waals surface area contributed by atoms with Gasteiger partial charge in [-0.15, -0.1) is 0 Å². The van der Waals surface area contributed by atoms with Crippen LogP contribution in [0.3, 0.4) is 0 Å². The lowest BCUT2D eigenvalue weighted by Gasteiger charge is -2.37. The first-order chi connectivity index (χ1) is 9.92. The number of nitriles is 1. The van der Waals surface area contributed by atoms with Gasteiger partial charge in [-0.1, -0.05) is 0 Å². The van der Waals surface area contributed by atoms with Gasteiger partial charge in [-0.3, -0.25) is 4.79 Å². The van der Waals surface area contributed by atoms with Crippen LogP contribution in [0.15, 0.2) is 18.2 Å². The molecule has 0 aromatic heterocycles. The normalized spacial score (nSPS) is 22.0. The maximum Gasteiger partial charge on any atom is 0.220 e. The fourth-order valence-electron chi connectivity index (χ4n) is 2.28. The Balaban J connectivity index is 0.000000225. The van der Waals surface area contributed by atoms with Crippen LogP contribution in [0.25, 0.3) is 0 Å². The van der Waals surface area contributed by atoms with Gasteiger partial charge in [0.15, 0.2) is 0 Å². The summed E-state index contributed by atoms with van der Waals surface area (Å²) in [6.07, 6.45) is 1.77. The topological polar surface area (TPSA) is 82.3 Å². The molecule has 1 unspecified atom stereocenters. The fourth-order valence-corrected chi connectivity index (χ4v) is 2.28. The van der Waals surface area contributed by atoms with Gasteiger partial charge in [-0.2, -0.15) is 5.26 Å². The van der Waals surface area contributed by atoms with Crippen LogP contribution in [0.1, 0.15) is 37.8 Å². The maximum atomic E-state index is 10.1. The quantitative estimate of drug-likeness (QED) is 0.758. The number of nitrogens with one attached hydrogen (secondary N) is 1. The maximum absolute atomic E-state index is 10.1. The third-order valence-corrected chi connectivity index (χ3v) is 3.68. The number of amides is 1. The van der Waals surface area contributed by atoms with Crippen molar-refractivity contribution >= 4 is 5.91 Å². The molecule has 0 bridgehead atoms. The van der Waals surface area contributed by atoms with Crippen molar-refractivity contribution in [3.8, 4) is 11.8 Å². The van der Waals surface area contributed by atoms with Gasteiger partial charge in [-0.05, 0) is 44.0 Å². The van der Waals surface area contributed by atoms with Gasteiger partial charge in [0.05, 0.1) is 17.7 Å². The predicted octanol–water partition coefficient (Wildman–Crippen LogP) is 1.53. The number of carbonyl (C=O) groups is 1. The van der Waals surface area contributed by atoms with Crippen molar-refractivity contribution in [1.29, 1.82) is 5.26 Å². The zero-order valence-electron chi connectivity index (χ0n) is 12.3. The van der Waals surface area contributed by atoms with Crippen LogP contribution >= 0.6 is 0 Å². The second kappa shape index (κ2) is 6.15. The molecular weight excluding hydrogens is 268 g/mol. The van der Waals surface area contributed by atoms with Crippen molar-refractivity contribution < 1.29 is 14.6 Å². The van der Waals surface area contributed by atoms with Crippen molar-refractivity contribution in [3.63, 3.8) is 0 Å². The van der Waals surface area contributed by atoms with Gasteiger partial charge in [0.25, 0.3) is 0 Å². The number of ether oxygens (including phenoxy) is 1. The molecule has 3 rings (SSSR count). The van der Waals surface area contributed by atoms with Crippen LogP contribution in [0.5, 0.6) is 5.75 Å². The molecule has 1 amide bonds. The molecule has 5 nitrogen and oxygen atoms in total. The first-order valence-corrected chi connectivity index (χ1v) is 7.09. The molecule has 21 heavy (non-hydrogen) atoms. The Hall–Kier alpha value is -2.06. The minimum Gasteiger partial charge on any atom is -0.485 e. The highest BCUT2D eigenvalue weighted by molar-refractivity contribution is 5.77. The predicted molar refractivity (Wildman–Crippen MR) is 77.8 cm³/mol. The zero-order valence-corrected chi connectivity index (χ0v) is 12.3. The molecule has 1 saturated heterocycles. The largest absolute Gasteiger partial charge is 0.485 e. The van der Waals surface area contributed by atoms with E-state index in [0.717, 1.165) is 30.7 Å². The van der Waals surface area contributed by atoms with E-state index in [2.05, 4.69) is 11.4 Å². The minimum atomic E-state index is -0.554. The van der Waals surface area contributed by atoms with E-state index in [4.69, 9.17) is 10.00 Å². The van der Waals surface area contributed by atoms with E-state index in [1.54, 1.807) is 18.2 Å². The number of rotatable bonds is 0. The molecule has 0 aliphatic carbocycles. The molecule has 2 aliphatic heterocycles. The lowest BCUT2D eigenvalue weighted by Crippen LogP contribution is -2.46. The first-order valence-electron chi connectivity index (χ1n) is 7.09. The molecule has 1 aromatic rings. The Morgan fingerprint density at radius 1 is 1.48 bits per heavy atom. The van der Waals surface area contributed by atoms with E-state index in [1.165, 1.54) is 0 Å². The molecule has 2 heterocycles. The van der Waals surface area contributed by atoms with E-state index >= 15 is 0 Å². The third-order valence-electron chi connectivity index (χ3n) is 3.68. The molecule has 2 aliphatic rings. The lowest BCUT2D eigenvalue weighted by atomic mass is 9.90. The number of aliphatic hydroxyl groups is 1.